The van der Waals surface area contributed by atoms with Crippen molar-refractivity contribution in [2.24, 2.45) is 0 Å². The average Bonchev–Trinajstić information content (AvgIpc) is 2.32. The number of carboxylic acids is 4. The molecule has 0 radical (unpaired) electrons. The number of carboxylic acid groups (broad SMARTS) is 4. The van der Waals surface area contributed by atoms with E-state index < -0.39 is 49.6 Å². The van der Waals surface area contributed by atoms with Gasteiger partial charge in [0.15, 0.2) is 0 Å². The topological polar surface area (TPSA) is 229 Å². The number of ketones is 4. The van der Waals surface area contributed by atoms with Crippen molar-refractivity contribution >= 4 is 47.0 Å². The Balaban J connectivity index is -0.0000000873. The molecule has 0 aliphatic rings. The summed E-state index contributed by atoms with van der Waals surface area (Å²) in [6, 6.07) is 0. The van der Waals surface area contributed by atoms with Crippen LogP contribution in [0.1, 0.15) is 53.4 Å². The van der Waals surface area contributed by atoms with Crippen molar-refractivity contribution < 1.29 is 79.8 Å². The van der Waals surface area contributed by atoms with E-state index in [1.54, 1.807) is 0 Å². The molecule has 0 aromatic carbocycles. The van der Waals surface area contributed by atoms with Gasteiger partial charge in [-0.25, -0.2) is 0 Å². The Morgan fingerprint density at radius 3 is 0.517 bits per heavy atom. The molecule has 29 heavy (non-hydrogen) atoms. The van der Waals surface area contributed by atoms with Gasteiger partial charge in [-0.1, -0.05) is 0 Å². The largest absolute Gasteiger partial charge is 4.00 e. The summed E-state index contributed by atoms with van der Waals surface area (Å²) in [5, 5.41) is 37.9. The Hall–Kier alpha value is -2.75. The number of Topliss-reactive ketones (excluding diaryl/α,β-unsaturated/α-hetero) is 4. The first-order valence-electron chi connectivity index (χ1n) is 7.28. The molecule has 0 spiro atoms. The van der Waals surface area contributed by atoms with Crippen LogP contribution in [0, 0.1) is 0 Å². The molecule has 0 aliphatic heterocycles. The van der Waals surface area contributed by atoms with E-state index in [0.717, 1.165) is 0 Å². The third kappa shape index (κ3) is 77.7. The van der Waals surface area contributed by atoms with Gasteiger partial charge in [0.05, 0.1) is 0 Å². The summed E-state index contributed by atoms with van der Waals surface area (Å²) in [5.74, 6) is -6.75. The predicted octanol–water partition coefficient (Wildman–Crippen LogP) is -5.14. The minimum atomic E-state index is -1.31. The van der Waals surface area contributed by atoms with Crippen LogP contribution in [0.3, 0.4) is 0 Å². The number of hydrogen-bond acceptors (Lipinski definition) is 12. The number of hydrogen-bond donors (Lipinski definition) is 0. The van der Waals surface area contributed by atoms with E-state index in [0.29, 0.717) is 0 Å². The van der Waals surface area contributed by atoms with Crippen LogP contribution in [0.25, 0.3) is 0 Å². The Kier molecular flexibility index (Phi) is 29.8. The van der Waals surface area contributed by atoms with Crippen LogP contribution >= 0.6 is 0 Å². The standard InChI is InChI=1S/4C4H6O3.Mo/c4*1-3(5)2-4(6)7;/h4*2H2,1H3,(H,6,7);/q;;;;+4/p-4. The summed E-state index contributed by atoms with van der Waals surface area (Å²) in [5.41, 5.74) is 0. The number of carbonyl (C=O) groups is 8. The molecule has 13 heteroatoms. The molecule has 0 aromatic heterocycles. The molecular formula is C16H20MoO12. The van der Waals surface area contributed by atoms with Crippen LogP contribution in [-0.2, 0) is 59.4 Å². The molecule has 0 rings (SSSR count). The average molecular weight is 500 g/mol. The summed E-state index contributed by atoms with van der Waals surface area (Å²) >= 11 is 0. The van der Waals surface area contributed by atoms with E-state index in [9.17, 15) is 58.8 Å². The zero-order valence-electron chi connectivity index (χ0n) is 16.1. The molecule has 0 N–H and O–H groups in total. The molecule has 0 heterocycles. The molecule has 0 unspecified atom stereocenters. The van der Waals surface area contributed by atoms with Gasteiger partial charge in [0.2, 0.25) is 0 Å². The Labute approximate surface area is 180 Å². The van der Waals surface area contributed by atoms with Gasteiger partial charge in [0.25, 0.3) is 0 Å². The van der Waals surface area contributed by atoms with Crippen molar-refractivity contribution in [2.75, 3.05) is 0 Å². The van der Waals surface area contributed by atoms with Crippen LogP contribution < -0.4 is 20.4 Å². The van der Waals surface area contributed by atoms with Gasteiger partial charge in [0.1, 0.15) is 23.1 Å². The fourth-order valence-electron chi connectivity index (χ4n) is 0.813. The van der Waals surface area contributed by atoms with Crippen LogP contribution in [0.15, 0.2) is 0 Å². The van der Waals surface area contributed by atoms with Crippen LogP contribution in [-0.4, -0.2) is 47.0 Å². The second-order valence-electron chi connectivity index (χ2n) is 5.00. The maximum Gasteiger partial charge on any atom is 4.00 e. The fraction of sp³-hybridized carbons (Fsp3) is 0.500. The second-order valence-corrected chi connectivity index (χ2v) is 5.00. The van der Waals surface area contributed by atoms with Gasteiger partial charge in [-0.15, -0.1) is 0 Å². The SMILES string of the molecule is CC(=O)CC(=O)[O-].CC(=O)CC(=O)[O-].CC(=O)CC(=O)[O-].CC(=O)CC(=O)[O-].[Mo+4]. The predicted molar refractivity (Wildman–Crippen MR) is 81.2 cm³/mol. The first-order chi connectivity index (χ1) is 12.5. The molecule has 0 bridgehead atoms. The van der Waals surface area contributed by atoms with Crippen molar-refractivity contribution in [1.82, 2.24) is 0 Å². The number of aliphatic carboxylic acids is 4. The Bertz CT molecular complexity index is 443. The molecule has 0 aliphatic carbocycles. The summed E-state index contributed by atoms with van der Waals surface area (Å²) in [7, 11) is 0. The molecular weight excluding hydrogens is 480 g/mol. The summed E-state index contributed by atoms with van der Waals surface area (Å²) in [4.78, 5) is 77.2. The molecule has 0 aromatic rings. The quantitative estimate of drug-likeness (QED) is 0.225. The fourth-order valence-corrected chi connectivity index (χ4v) is 0.813. The smallest absolute Gasteiger partial charge is 0.550 e. The van der Waals surface area contributed by atoms with E-state index in [4.69, 9.17) is 0 Å². The van der Waals surface area contributed by atoms with Crippen molar-refractivity contribution in [1.29, 1.82) is 0 Å². The first-order valence-corrected chi connectivity index (χ1v) is 7.28. The minimum Gasteiger partial charge on any atom is -0.550 e. The van der Waals surface area contributed by atoms with Crippen molar-refractivity contribution in [3.8, 4) is 0 Å². The van der Waals surface area contributed by atoms with E-state index >= 15 is 0 Å². The van der Waals surface area contributed by atoms with Crippen molar-refractivity contribution in [3.05, 3.63) is 0 Å². The zero-order valence-corrected chi connectivity index (χ0v) is 18.1. The molecule has 162 valence electrons. The Morgan fingerprint density at radius 1 is 0.414 bits per heavy atom. The third-order valence-corrected chi connectivity index (χ3v) is 1.57. The van der Waals surface area contributed by atoms with E-state index in [1.165, 1.54) is 27.7 Å². The molecule has 0 amide bonds. The monoisotopic (exact) mass is 502 g/mol. The summed E-state index contributed by atoms with van der Waals surface area (Å²) < 4.78 is 0. The molecule has 0 saturated carbocycles. The number of rotatable bonds is 8. The maximum absolute atomic E-state index is 9.83. The van der Waals surface area contributed by atoms with Gasteiger partial charge < -0.3 is 39.6 Å². The third-order valence-electron chi connectivity index (χ3n) is 1.57. The minimum absolute atomic E-state index is 0. The van der Waals surface area contributed by atoms with Crippen LogP contribution in [0.4, 0.5) is 0 Å². The van der Waals surface area contributed by atoms with Crippen molar-refractivity contribution in [2.45, 2.75) is 53.4 Å². The van der Waals surface area contributed by atoms with E-state index in [1.807, 2.05) is 0 Å². The van der Waals surface area contributed by atoms with Crippen molar-refractivity contribution in [3.63, 3.8) is 0 Å². The van der Waals surface area contributed by atoms with E-state index in [-0.39, 0.29) is 44.2 Å². The Morgan fingerprint density at radius 2 is 0.517 bits per heavy atom. The molecule has 0 fully saturated rings. The van der Waals surface area contributed by atoms with Crippen LogP contribution in [0.5, 0.6) is 0 Å². The molecule has 0 atom stereocenters. The maximum atomic E-state index is 9.83. The van der Waals surface area contributed by atoms with Gasteiger partial charge in [0, 0.05) is 49.6 Å². The summed E-state index contributed by atoms with van der Waals surface area (Å²) in [6.07, 6.45) is -1.89. The zero-order chi connectivity index (χ0) is 23.4. The normalized spacial score (nSPS) is 7.86. The van der Waals surface area contributed by atoms with E-state index in [2.05, 4.69) is 0 Å². The number of carbonyl (C=O) groups excluding carboxylic acids is 8. The summed E-state index contributed by atoms with van der Waals surface area (Å²) in [6.45, 7) is 4.82. The van der Waals surface area contributed by atoms with Gasteiger partial charge in [-0.05, 0) is 27.7 Å². The first kappa shape index (κ1) is 37.1. The van der Waals surface area contributed by atoms with Gasteiger partial charge in [-0.3, -0.25) is 19.2 Å². The molecule has 0 saturated heterocycles. The second kappa shape index (κ2) is 23.3. The van der Waals surface area contributed by atoms with Gasteiger partial charge >= 0.3 is 21.1 Å². The molecule has 12 nitrogen and oxygen atoms in total. The van der Waals surface area contributed by atoms with Crippen LogP contribution in [0.2, 0.25) is 0 Å². The van der Waals surface area contributed by atoms with Gasteiger partial charge in [-0.2, -0.15) is 0 Å².